The number of carbonyl (C=O) groups excluding carboxylic acids is 1. The summed E-state index contributed by atoms with van der Waals surface area (Å²) in [6.45, 7) is 2.75. The molecule has 0 saturated heterocycles. The molecule has 0 bridgehead atoms. The minimum Gasteiger partial charge on any atom is -0.346 e. The van der Waals surface area contributed by atoms with Gasteiger partial charge in [0.05, 0.1) is 6.54 Å². The van der Waals surface area contributed by atoms with E-state index in [1.54, 1.807) is 17.4 Å². The van der Waals surface area contributed by atoms with Crippen molar-refractivity contribution in [2.45, 2.75) is 20.0 Å². The van der Waals surface area contributed by atoms with Crippen LogP contribution in [0.25, 0.3) is 0 Å². The average molecular weight is 261 g/mol. The van der Waals surface area contributed by atoms with Crippen LogP contribution in [-0.4, -0.2) is 10.9 Å². The fraction of sp³-hybridized carbons (Fsp3) is 0.231. The Morgan fingerprint density at radius 1 is 1.44 bits per heavy atom. The van der Waals surface area contributed by atoms with Crippen LogP contribution in [0.15, 0.2) is 29.6 Å². The van der Waals surface area contributed by atoms with Gasteiger partial charge in [0.25, 0.3) is 5.91 Å². The van der Waals surface area contributed by atoms with Gasteiger partial charge in [-0.2, -0.15) is 0 Å². The van der Waals surface area contributed by atoms with Gasteiger partial charge in [-0.1, -0.05) is 18.2 Å². The average Bonchev–Trinajstić information content (AvgIpc) is 2.81. The van der Waals surface area contributed by atoms with E-state index in [0.717, 1.165) is 16.3 Å². The number of nitrogens with one attached hydrogen (secondary N) is 1. The number of rotatable bonds is 4. The lowest BCUT2D eigenvalue weighted by Gasteiger charge is -2.07. The lowest BCUT2D eigenvalue weighted by atomic mass is 10.1. The first-order chi connectivity index (χ1) is 8.70. The first kappa shape index (κ1) is 12.7. The van der Waals surface area contributed by atoms with Crippen LogP contribution in [0.5, 0.6) is 0 Å². The lowest BCUT2D eigenvalue weighted by Crippen LogP contribution is -2.24. The summed E-state index contributed by atoms with van der Waals surface area (Å²) in [6, 6.07) is 7.36. The highest BCUT2D eigenvalue weighted by Gasteiger charge is 2.10. The number of hydrogen-bond acceptors (Lipinski definition) is 4. The van der Waals surface area contributed by atoms with E-state index in [-0.39, 0.29) is 5.91 Å². The first-order valence-corrected chi connectivity index (χ1v) is 6.56. The maximum absolute atomic E-state index is 12.0. The Hall–Kier alpha value is -1.72. The van der Waals surface area contributed by atoms with Crippen molar-refractivity contribution in [3.8, 4) is 0 Å². The van der Waals surface area contributed by atoms with E-state index >= 15 is 0 Å². The third-order valence-corrected chi connectivity index (χ3v) is 3.52. The minimum absolute atomic E-state index is 0.107. The summed E-state index contributed by atoms with van der Waals surface area (Å²) in [5.41, 5.74) is 8.07. The molecule has 0 saturated carbocycles. The molecule has 1 heterocycles. The van der Waals surface area contributed by atoms with E-state index in [0.29, 0.717) is 18.7 Å². The van der Waals surface area contributed by atoms with Crippen molar-refractivity contribution in [1.82, 2.24) is 10.3 Å². The molecule has 1 aromatic carbocycles. The number of hydrogen-bond donors (Lipinski definition) is 2. The number of carbonyl (C=O) groups is 1. The third-order valence-electron chi connectivity index (χ3n) is 2.55. The van der Waals surface area contributed by atoms with Crippen LogP contribution in [0, 0.1) is 6.92 Å². The van der Waals surface area contributed by atoms with Gasteiger partial charge in [-0.05, 0) is 18.6 Å². The summed E-state index contributed by atoms with van der Waals surface area (Å²) in [7, 11) is 0. The van der Waals surface area contributed by atoms with Crippen molar-refractivity contribution < 1.29 is 4.79 Å². The van der Waals surface area contributed by atoms with E-state index in [2.05, 4.69) is 10.3 Å². The highest BCUT2D eigenvalue weighted by molar-refractivity contribution is 7.09. The zero-order valence-electron chi connectivity index (χ0n) is 10.1. The number of aryl methyl sites for hydroxylation is 1. The molecule has 1 amide bonds. The first-order valence-electron chi connectivity index (χ1n) is 5.68. The fourth-order valence-corrected chi connectivity index (χ4v) is 2.37. The second kappa shape index (κ2) is 5.75. The molecule has 0 aliphatic rings. The van der Waals surface area contributed by atoms with Crippen molar-refractivity contribution in [3.05, 3.63) is 51.5 Å². The molecule has 5 heteroatoms. The minimum atomic E-state index is -0.107. The molecule has 94 valence electrons. The van der Waals surface area contributed by atoms with Crippen molar-refractivity contribution >= 4 is 17.2 Å². The van der Waals surface area contributed by atoms with E-state index in [1.165, 1.54) is 0 Å². The lowest BCUT2D eigenvalue weighted by molar-refractivity contribution is 0.0950. The molecule has 3 N–H and O–H groups in total. The zero-order chi connectivity index (χ0) is 13.0. The van der Waals surface area contributed by atoms with Gasteiger partial charge in [0, 0.05) is 23.2 Å². The largest absolute Gasteiger partial charge is 0.346 e. The molecule has 0 unspecified atom stereocenters. The van der Waals surface area contributed by atoms with E-state index < -0.39 is 0 Å². The highest BCUT2D eigenvalue weighted by atomic mass is 32.1. The van der Waals surface area contributed by atoms with Gasteiger partial charge in [0.1, 0.15) is 5.01 Å². The molecule has 0 radical (unpaired) electrons. The van der Waals surface area contributed by atoms with Gasteiger partial charge >= 0.3 is 0 Å². The summed E-state index contributed by atoms with van der Waals surface area (Å²) >= 11 is 1.55. The van der Waals surface area contributed by atoms with Crippen molar-refractivity contribution in [1.29, 1.82) is 0 Å². The van der Waals surface area contributed by atoms with E-state index in [9.17, 15) is 4.79 Å². The van der Waals surface area contributed by atoms with E-state index in [4.69, 9.17) is 5.73 Å². The smallest absolute Gasteiger partial charge is 0.251 e. The maximum atomic E-state index is 12.0. The number of nitrogens with zero attached hydrogens (tertiary/aromatic N) is 1. The number of benzene rings is 1. The van der Waals surface area contributed by atoms with Crippen LogP contribution < -0.4 is 11.1 Å². The Morgan fingerprint density at radius 2 is 2.22 bits per heavy atom. The van der Waals surface area contributed by atoms with Crippen LogP contribution in [-0.2, 0) is 13.1 Å². The molecule has 2 rings (SSSR count). The fourth-order valence-electron chi connectivity index (χ4n) is 1.65. The van der Waals surface area contributed by atoms with Crippen LogP contribution in [0.2, 0.25) is 0 Å². The van der Waals surface area contributed by atoms with Crippen LogP contribution in [0.3, 0.4) is 0 Å². The molecule has 0 aliphatic carbocycles. The molecular weight excluding hydrogens is 246 g/mol. The van der Waals surface area contributed by atoms with Crippen molar-refractivity contribution in [2.24, 2.45) is 5.73 Å². The predicted octanol–water partition coefficient (Wildman–Crippen LogP) is 1.84. The molecule has 1 aromatic heterocycles. The van der Waals surface area contributed by atoms with Crippen molar-refractivity contribution in [2.75, 3.05) is 0 Å². The summed E-state index contributed by atoms with van der Waals surface area (Å²) in [5.74, 6) is -0.107. The quantitative estimate of drug-likeness (QED) is 0.882. The summed E-state index contributed by atoms with van der Waals surface area (Å²) in [4.78, 5) is 16.3. The van der Waals surface area contributed by atoms with Crippen molar-refractivity contribution in [3.63, 3.8) is 0 Å². The Kier molecular flexibility index (Phi) is 4.07. The van der Waals surface area contributed by atoms with Gasteiger partial charge in [0.15, 0.2) is 0 Å². The third kappa shape index (κ3) is 2.94. The van der Waals surface area contributed by atoms with Gasteiger partial charge in [0.2, 0.25) is 0 Å². The number of amides is 1. The van der Waals surface area contributed by atoms with Gasteiger partial charge < -0.3 is 11.1 Å². The molecule has 0 spiro atoms. The molecular formula is C13H15N3OS. The van der Waals surface area contributed by atoms with Gasteiger partial charge in [-0.15, -0.1) is 11.3 Å². The SMILES string of the molecule is Cc1csc(CNC(=O)c2ccccc2CN)n1. The maximum Gasteiger partial charge on any atom is 0.251 e. The standard InChI is InChI=1S/C13H15N3OS/c1-9-8-18-12(16-9)7-15-13(17)11-5-3-2-4-10(11)6-14/h2-5,8H,6-7,14H2,1H3,(H,15,17). The zero-order valence-corrected chi connectivity index (χ0v) is 11.0. The predicted molar refractivity (Wildman–Crippen MR) is 72.4 cm³/mol. The number of aromatic nitrogens is 1. The second-order valence-corrected chi connectivity index (χ2v) is 4.87. The Morgan fingerprint density at radius 3 is 2.89 bits per heavy atom. The number of nitrogens with two attached hydrogens (primary N) is 1. The highest BCUT2D eigenvalue weighted by Crippen LogP contribution is 2.10. The van der Waals surface area contributed by atoms with Crippen LogP contribution >= 0.6 is 11.3 Å². The second-order valence-electron chi connectivity index (χ2n) is 3.93. The summed E-state index contributed by atoms with van der Waals surface area (Å²) < 4.78 is 0. The molecule has 4 nitrogen and oxygen atoms in total. The van der Waals surface area contributed by atoms with Crippen LogP contribution in [0.1, 0.15) is 26.6 Å². The van der Waals surface area contributed by atoms with Crippen LogP contribution in [0.4, 0.5) is 0 Å². The van der Waals surface area contributed by atoms with Gasteiger partial charge in [-0.3, -0.25) is 4.79 Å². The molecule has 0 fully saturated rings. The summed E-state index contributed by atoms with van der Waals surface area (Å²) in [6.07, 6.45) is 0. The topological polar surface area (TPSA) is 68.0 Å². The van der Waals surface area contributed by atoms with E-state index in [1.807, 2.05) is 30.5 Å². The Balaban J connectivity index is 2.03. The molecule has 0 aliphatic heterocycles. The monoisotopic (exact) mass is 261 g/mol. The number of thiazole rings is 1. The molecule has 18 heavy (non-hydrogen) atoms. The molecule has 0 atom stereocenters. The summed E-state index contributed by atoms with van der Waals surface area (Å²) in [5, 5.41) is 5.73. The normalized spacial score (nSPS) is 10.3. The Labute approximate surface area is 110 Å². The molecule has 2 aromatic rings. The van der Waals surface area contributed by atoms with Gasteiger partial charge in [-0.25, -0.2) is 4.98 Å². The Bertz CT molecular complexity index is 551.